The number of nitrogens with one attached hydrogen (secondary N) is 1. The van der Waals surface area contributed by atoms with Crippen molar-refractivity contribution in [2.45, 2.75) is 6.42 Å². The molecule has 1 aromatic heterocycles. The molecule has 1 amide bonds. The Morgan fingerprint density at radius 2 is 1.67 bits per heavy atom. The zero-order valence-electron chi connectivity index (χ0n) is 17.0. The number of nitrogens with zero attached hydrogens (tertiary/aromatic N) is 4. The minimum atomic E-state index is 0.147. The van der Waals surface area contributed by atoms with Gasteiger partial charge in [0.15, 0.2) is 11.6 Å². The van der Waals surface area contributed by atoms with Crippen molar-refractivity contribution in [2.75, 3.05) is 43.5 Å². The summed E-state index contributed by atoms with van der Waals surface area (Å²) in [5, 5.41) is 11.9. The summed E-state index contributed by atoms with van der Waals surface area (Å²) >= 11 is 0. The third-order valence-electron chi connectivity index (χ3n) is 5.17. The van der Waals surface area contributed by atoms with E-state index in [2.05, 4.69) is 20.4 Å². The Balaban J connectivity index is 1.28. The minimum absolute atomic E-state index is 0.147. The number of hydrogen-bond donors (Lipinski definition) is 1. The van der Waals surface area contributed by atoms with E-state index in [0.717, 1.165) is 35.9 Å². The van der Waals surface area contributed by atoms with Crippen LogP contribution in [0.25, 0.3) is 0 Å². The van der Waals surface area contributed by atoms with Crippen molar-refractivity contribution in [3.05, 3.63) is 72.3 Å². The van der Waals surface area contributed by atoms with Gasteiger partial charge in [-0.25, -0.2) is 0 Å². The molecule has 7 heteroatoms. The molecule has 1 aliphatic rings. The van der Waals surface area contributed by atoms with Crippen LogP contribution in [0.1, 0.15) is 5.56 Å². The summed E-state index contributed by atoms with van der Waals surface area (Å²) in [6.07, 6.45) is 0.406. The normalized spacial score (nSPS) is 13.8. The summed E-state index contributed by atoms with van der Waals surface area (Å²) in [6.45, 7) is 2.85. The summed E-state index contributed by atoms with van der Waals surface area (Å²) in [5.74, 6) is 2.48. The van der Waals surface area contributed by atoms with Crippen LogP contribution < -0.4 is 15.0 Å². The predicted molar refractivity (Wildman–Crippen MR) is 117 cm³/mol. The Bertz CT molecular complexity index is 953. The second-order valence-corrected chi connectivity index (χ2v) is 7.16. The van der Waals surface area contributed by atoms with Gasteiger partial charge >= 0.3 is 0 Å². The van der Waals surface area contributed by atoms with E-state index in [4.69, 9.17) is 4.74 Å². The standard InChI is InChI=1S/C23H25N5O2/c1-30-20-9-7-18(8-10-20)17-23(29)28-15-13-27(14-16-28)22-12-11-21(25-26-22)24-19-5-3-2-4-6-19/h2-12H,13-17H2,1H3,(H,24,25). The Labute approximate surface area is 176 Å². The number of ether oxygens (including phenoxy) is 1. The summed E-state index contributed by atoms with van der Waals surface area (Å²) in [7, 11) is 1.64. The zero-order valence-corrected chi connectivity index (χ0v) is 17.0. The average Bonchev–Trinajstić information content (AvgIpc) is 2.81. The van der Waals surface area contributed by atoms with Crippen LogP contribution in [-0.2, 0) is 11.2 Å². The monoisotopic (exact) mass is 403 g/mol. The smallest absolute Gasteiger partial charge is 0.227 e. The van der Waals surface area contributed by atoms with Crippen LogP contribution in [-0.4, -0.2) is 54.3 Å². The first-order valence-electron chi connectivity index (χ1n) is 10.0. The highest BCUT2D eigenvalue weighted by Crippen LogP contribution is 2.18. The number of carbonyl (C=O) groups excluding carboxylic acids is 1. The van der Waals surface area contributed by atoms with Crippen LogP contribution in [0.2, 0.25) is 0 Å². The van der Waals surface area contributed by atoms with E-state index < -0.39 is 0 Å². The maximum absolute atomic E-state index is 12.6. The number of aromatic nitrogens is 2. The van der Waals surface area contributed by atoms with Gasteiger partial charge in [-0.2, -0.15) is 0 Å². The van der Waals surface area contributed by atoms with Crippen molar-refractivity contribution in [3.8, 4) is 5.75 Å². The van der Waals surface area contributed by atoms with Crippen molar-refractivity contribution >= 4 is 23.2 Å². The molecule has 30 heavy (non-hydrogen) atoms. The lowest BCUT2D eigenvalue weighted by atomic mass is 10.1. The molecule has 0 aliphatic carbocycles. The fourth-order valence-corrected chi connectivity index (χ4v) is 3.44. The minimum Gasteiger partial charge on any atom is -0.497 e. The molecule has 1 N–H and O–H groups in total. The molecule has 0 radical (unpaired) electrons. The number of anilines is 3. The van der Waals surface area contributed by atoms with Gasteiger partial charge in [0.25, 0.3) is 0 Å². The molecule has 1 saturated heterocycles. The van der Waals surface area contributed by atoms with E-state index in [1.807, 2.05) is 71.6 Å². The molecule has 2 aromatic carbocycles. The average molecular weight is 403 g/mol. The Morgan fingerprint density at radius 1 is 0.933 bits per heavy atom. The summed E-state index contributed by atoms with van der Waals surface area (Å²) in [4.78, 5) is 16.7. The van der Waals surface area contributed by atoms with Crippen LogP contribution in [0.5, 0.6) is 5.75 Å². The molecule has 0 atom stereocenters. The molecule has 0 unspecified atom stereocenters. The van der Waals surface area contributed by atoms with Crippen molar-refractivity contribution < 1.29 is 9.53 Å². The lowest BCUT2D eigenvalue weighted by Gasteiger charge is -2.35. The molecule has 2 heterocycles. The highest BCUT2D eigenvalue weighted by atomic mass is 16.5. The van der Waals surface area contributed by atoms with Gasteiger partial charge in [-0.1, -0.05) is 30.3 Å². The van der Waals surface area contributed by atoms with Gasteiger partial charge < -0.3 is 19.9 Å². The second-order valence-electron chi connectivity index (χ2n) is 7.16. The van der Waals surface area contributed by atoms with Gasteiger partial charge in [0.05, 0.1) is 13.5 Å². The fraction of sp³-hybridized carbons (Fsp3) is 0.261. The van der Waals surface area contributed by atoms with E-state index in [1.54, 1.807) is 7.11 Å². The molecule has 0 bridgehead atoms. The number of para-hydroxylation sites is 1. The van der Waals surface area contributed by atoms with Gasteiger partial charge in [-0.15, -0.1) is 10.2 Å². The number of carbonyl (C=O) groups is 1. The highest BCUT2D eigenvalue weighted by molar-refractivity contribution is 5.79. The van der Waals surface area contributed by atoms with Crippen LogP contribution >= 0.6 is 0 Å². The van der Waals surface area contributed by atoms with Gasteiger partial charge in [-0.05, 0) is 42.0 Å². The third-order valence-corrected chi connectivity index (χ3v) is 5.17. The summed E-state index contributed by atoms with van der Waals surface area (Å²) in [5.41, 5.74) is 1.97. The SMILES string of the molecule is COc1ccc(CC(=O)N2CCN(c3ccc(Nc4ccccc4)nn3)CC2)cc1. The van der Waals surface area contributed by atoms with E-state index in [-0.39, 0.29) is 5.91 Å². The van der Waals surface area contributed by atoms with E-state index in [0.29, 0.717) is 25.3 Å². The molecule has 0 spiro atoms. The van der Waals surface area contributed by atoms with Gasteiger partial charge in [0.2, 0.25) is 5.91 Å². The maximum Gasteiger partial charge on any atom is 0.227 e. The van der Waals surface area contributed by atoms with Gasteiger partial charge in [-0.3, -0.25) is 4.79 Å². The van der Waals surface area contributed by atoms with Crippen LogP contribution in [0.15, 0.2) is 66.7 Å². The van der Waals surface area contributed by atoms with Gasteiger partial charge in [0.1, 0.15) is 5.75 Å². The Kier molecular flexibility index (Phi) is 6.08. The molecule has 7 nitrogen and oxygen atoms in total. The van der Waals surface area contributed by atoms with Crippen molar-refractivity contribution in [2.24, 2.45) is 0 Å². The molecule has 4 rings (SSSR count). The van der Waals surface area contributed by atoms with E-state index >= 15 is 0 Å². The lowest BCUT2D eigenvalue weighted by Crippen LogP contribution is -2.49. The molecule has 3 aromatic rings. The maximum atomic E-state index is 12.6. The molecule has 0 saturated carbocycles. The molecule has 1 fully saturated rings. The quantitative estimate of drug-likeness (QED) is 0.682. The molecular weight excluding hydrogens is 378 g/mol. The zero-order chi connectivity index (χ0) is 20.8. The van der Waals surface area contributed by atoms with Crippen LogP contribution in [0.3, 0.4) is 0 Å². The number of piperazine rings is 1. The van der Waals surface area contributed by atoms with E-state index in [1.165, 1.54) is 0 Å². The molecular formula is C23H25N5O2. The lowest BCUT2D eigenvalue weighted by molar-refractivity contribution is -0.130. The molecule has 154 valence electrons. The first-order chi connectivity index (χ1) is 14.7. The first kappa shape index (κ1) is 19.7. The van der Waals surface area contributed by atoms with Crippen molar-refractivity contribution in [1.82, 2.24) is 15.1 Å². The predicted octanol–water partition coefficient (Wildman–Crippen LogP) is 3.12. The number of amides is 1. The number of benzene rings is 2. The number of hydrogen-bond acceptors (Lipinski definition) is 6. The van der Waals surface area contributed by atoms with Gasteiger partial charge in [0, 0.05) is 31.9 Å². The third kappa shape index (κ3) is 4.86. The van der Waals surface area contributed by atoms with Crippen LogP contribution in [0.4, 0.5) is 17.3 Å². The largest absolute Gasteiger partial charge is 0.497 e. The number of rotatable bonds is 6. The Hall–Kier alpha value is -3.61. The second kappa shape index (κ2) is 9.26. The summed E-state index contributed by atoms with van der Waals surface area (Å²) in [6, 6.07) is 21.4. The molecule has 1 aliphatic heterocycles. The highest BCUT2D eigenvalue weighted by Gasteiger charge is 2.22. The topological polar surface area (TPSA) is 70.6 Å². The summed E-state index contributed by atoms with van der Waals surface area (Å²) < 4.78 is 5.17. The van der Waals surface area contributed by atoms with Crippen molar-refractivity contribution in [3.63, 3.8) is 0 Å². The number of methoxy groups -OCH3 is 1. The van der Waals surface area contributed by atoms with E-state index in [9.17, 15) is 4.79 Å². The van der Waals surface area contributed by atoms with Crippen LogP contribution in [0, 0.1) is 0 Å². The first-order valence-corrected chi connectivity index (χ1v) is 10.0. The fourth-order valence-electron chi connectivity index (χ4n) is 3.44. The van der Waals surface area contributed by atoms with Crippen molar-refractivity contribution in [1.29, 1.82) is 0 Å². The Morgan fingerprint density at radius 3 is 2.30 bits per heavy atom.